The lowest BCUT2D eigenvalue weighted by Gasteiger charge is -2.12. The zero-order valence-electron chi connectivity index (χ0n) is 17.9. The molecule has 1 unspecified atom stereocenters. The summed E-state index contributed by atoms with van der Waals surface area (Å²) < 4.78 is 7.75. The second kappa shape index (κ2) is 9.08. The molecular weight excluding hydrogens is 414 g/mol. The van der Waals surface area contributed by atoms with E-state index in [1.54, 1.807) is 30.5 Å². The number of aromatic nitrogens is 3. The van der Waals surface area contributed by atoms with E-state index in [0.29, 0.717) is 34.7 Å². The molecule has 0 aliphatic carbocycles. The number of imidazole rings is 1. The quantitative estimate of drug-likeness (QED) is 0.627. The minimum Gasteiger partial charge on any atom is -0.477 e. The number of benzene rings is 1. The Morgan fingerprint density at radius 1 is 1.23 bits per heavy atom. The van der Waals surface area contributed by atoms with Gasteiger partial charge in [0.25, 0.3) is 5.91 Å². The highest BCUT2D eigenvalue weighted by Crippen LogP contribution is 2.30. The van der Waals surface area contributed by atoms with Crippen LogP contribution in [0.1, 0.15) is 22.5 Å². The first kappa shape index (κ1) is 21.3. The van der Waals surface area contributed by atoms with Gasteiger partial charge in [0.1, 0.15) is 5.82 Å². The third-order valence-corrected chi connectivity index (χ3v) is 5.97. The molecule has 8 heteroatoms. The predicted molar refractivity (Wildman–Crippen MR) is 122 cm³/mol. The number of rotatable bonds is 6. The van der Waals surface area contributed by atoms with Crippen LogP contribution in [0, 0.1) is 12.8 Å². The van der Waals surface area contributed by atoms with E-state index in [0.717, 1.165) is 36.6 Å². The van der Waals surface area contributed by atoms with Crippen molar-refractivity contribution in [1.82, 2.24) is 19.4 Å². The lowest BCUT2D eigenvalue weighted by atomic mass is 10.1. The zero-order valence-corrected chi connectivity index (χ0v) is 18.7. The number of nitrogens with one attached hydrogen (secondary N) is 1. The van der Waals surface area contributed by atoms with Gasteiger partial charge in [-0.15, -0.1) is 0 Å². The van der Waals surface area contributed by atoms with E-state index in [9.17, 15) is 4.79 Å². The molecule has 162 valence electrons. The van der Waals surface area contributed by atoms with E-state index >= 15 is 0 Å². The van der Waals surface area contributed by atoms with Crippen LogP contribution in [0.15, 0.2) is 42.7 Å². The van der Waals surface area contributed by atoms with Gasteiger partial charge in [-0.1, -0.05) is 11.6 Å². The van der Waals surface area contributed by atoms with Gasteiger partial charge in [-0.25, -0.2) is 9.97 Å². The fourth-order valence-electron chi connectivity index (χ4n) is 3.69. The normalized spacial score (nSPS) is 16.5. The number of aryl methyl sites for hydroxylation is 1. The van der Waals surface area contributed by atoms with Crippen molar-refractivity contribution >= 4 is 23.2 Å². The van der Waals surface area contributed by atoms with Crippen LogP contribution in [0.25, 0.3) is 11.4 Å². The number of amides is 1. The van der Waals surface area contributed by atoms with Crippen molar-refractivity contribution < 1.29 is 9.53 Å². The van der Waals surface area contributed by atoms with Crippen LogP contribution in [0.2, 0.25) is 5.02 Å². The van der Waals surface area contributed by atoms with Gasteiger partial charge in [-0.2, -0.15) is 0 Å². The fourth-order valence-corrected chi connectivity index (χ4v) is 3.89. The summed E-state index contributed by atoms with van der Waals surface area (Å²) in [6.45, 7) is 4.76. The SMILES string of the molecule is Cc1cnc(-c2cc(NC(=O)c3ccc(OCC4CCN(C)C4)nc3)ccc2Cl)n1C. The molecule has 0 radical (unpaired) electrons. The molecule has 31 heavy (non-hydrogen) atoms. The molecule has 1 saturated heterocycles. The average molecular weight is 440 g/mol. The number of ether oxygens (including phenoxy) is 1. The molecule has 7 nitrogen and oxygen atoms in total. The number of anilines is 1. The van der Waals surface area contributed by atoms with Gasteiger partial charge in [0, 0.05) is 54.9 Å². The zero-order chi connectivity index (χ0) is 22.0. The number of carbonyl (C=O) groups is 1. The van der Waals surface area contributed by atoms with Gasteiger partial charge < -0.3 is 19.5 Å². The topological polar surface area (TPSA) is 72.3 Å². The van der Waals surface area contributed by atoms with Crippen LogP contribution in [0.4, 0.5) is 5.69 Å². The number of carbonyl (C=O) groups excluding carboxylic acids is 1. The molecule has 1 aliphatic heterocycles. The molecule has 3 aromatic rings. The molecule has 4 rings (SSSR count). The van der Waals surface area contributed by atoms with Gasteiger partial charge in [0.15, 0.2) is 0 Å². The molecule has 1 atom stereocenters. The molecule has 1 fully saturated rings. The maximum absolute atomic E-state index is 12.7. The number of nitrogens with zero attached hydrogens (tertiary/aromatic N) is 4. The monoisotopic (exact) mass is 439 g/mol. The van der Waals surface area contributed by atoms with Gasteiger partial charge in [-0.3, -0.25) is 4.79 Å². The Bertz CT molecular complexity index is 1080. The van der Waals surface area contributed by atoms with E-state index in [1.807, 2.05) is 24.6 Å². The number of halogens is 1. The summed E-state index contributed by atoms with van der Waals surface area (Å²) in [5.74, 6) is 1.55. The summed E-state index contributed by atoms with van der Waals surface area (Å²) in [7, 11) is 4.05. The summed E-state index contributed by atoms with van der Waals surface area (Å²) in [6, 6.07) is 8.80. The minimum atomic E-state index is -0.249. The van der Waals surface area contributed by atoms with E-state index in [4.69, 9.17) is 16.3 Å². The number of likely N-dealkylation sites (tertiary alicyclic amines) is 1. The van der Waals surface area contributed by atoms with Crippen molar-refractivity contribution in [2.45, 2.75) is 13.3 Å². The lowest BCUT2D eigenvalue weighted by Crippen LogP contribution is -2.18. The molecule has 1 N–H and O–H groups in total. The van der Waals surface area contributed by atoms with Crippen LogP contribution in [-0.4, -0.2) is 52.1 Å². The standard InChI is InChI=1S/C23H26ClN5O2/c1-15-11-26-22(29(15)3)19-10-18(5-6-20(19)24)27-23(30)17-4-7-21(25-12-17)31-14-16-8-9-28(2)13-16/h4-7,10-12,16H,8-9,13-14H2,1-3H3,(H,27,30). The molecule has 1 aromatic carbocycles. The Balaban J connectivity index is 1.41. The molecule has 0 bridgehead atoms. The molecule has 1 amide bonds. The first-order chi connectivity index (χ1) is 14.9. The van der Waals surface area contributed by atoms with Crippen molar-refractivity contribution in [2.24, 2.45) is 13.0 Å². The Labute approximate surface area is 187 Å². The van der Waals surface area contributed by atoms with Gasteiger partial charge >= 0.3 is 0 Å². The van der Waals surface area contributed by atoms with Crippen LogP contribution < -0.4 is 10.1 Å². The first-order valence-electron chi connectivity index (χ1n) is 10.3. The van der Waals surface area contributed by atoms with Crippen LogP contribution >= 0.6 is 11.6 Å². The number of hydrogen-bond donors (Lipinski definition) is 1. The lowest BCUT2D eigenvalue weighted by molar-refractivity contribution is 0.102. The van der Waals surface area contributed by atoms with E-state index < -0.39 is 0 Å². The fraction of sp³-hybridized carbons (Fsp3) is 0.348. The maximum atomic E-state index is 12.7. The summed E-state index contributed by atoms with van der Waals surface area (Å²) in [6.07, 6.45) is 4.46. The molecule has 0 saturated carbocycles. The molecular formula is C23H26ClN5O2. The van der Waals surface area contributed by atoms with Gasteiger partial charge in [0.05, 0.1) is 17.2 Å². The Hall–Kier alpha value is -2.90. The van der Waals surface area contributed by atoms with Crippen LogP contribution in [-0.2, 0) is 7.05 Å². The van der Waals surface area contributed by atoms with E-state index in [2.05, 4.69) is 27.2 Å². The van der Waals surface area contributed by atoms with Gasteiger partial charge in [0.2, 0.25) is 5.88 Å². The third-order valence-electron chi connectivity index (χ3n) is 5.64. The Kier molecular flexibility index (Phi) is 6.25. The summed E-state index contributed by atoms with van der Waals surface area (Å²) in [5, 5.41) is 3.47. The van der Waals surface area contributed by atoms with Gasteiger partial charge in [-0.05, 0) is 51.2 Å². The van der Waals surface area contributed by atoms with Crippen molar-refractivity contribution in [1.29, 1.82) is 0 Å². The van der Waals surface area contributed by atoms with Crippen LogP contribution in [0.5, 0.6) is 5.88 Å². The third kappa shape index (κ3) is 4.89. The largest absolute Gasteiger partial charge is 0.477 e. The highest BCUT2D eigenvalue weighted by atomic mass is 35.5. The summed E-state index contributed by atoms with van der Waals surface area (Å²) in [4.78, 5) is 23.7. The second-order valence-corrected chi connectivity index (χ2v) is 8.45. The van der Waals surface area contributed by atoms with Crippen molar-refractivity contribution in [2.75, 3.05) is 32.1 Å². The first-order valence-corrected chi connectivity index (χ1v) is 10.7. The van der Waals surface area contributed by atoms with Crippen molar-refractivity contribution in [3.05, 3.63) is 59.0 Å². The van der Waals surface area contributed by atoms with Crippen molar-refractivity contribution in [3.63, 3.8) is 0 Å². The van der Waals surface area contributed by atoms with Crippen molar-refractivity contribution in [3.8, 4) is 17.3 Å². The van der Waals surface area contributed by atoms with Crippen LogP contribution in [0.3, 0.4) is 0 Å². The minimum absolute atomic E-state index is 0.249. The van der Waals surface area contributed by atoms with E-state index in [1.165, 1.54) is 6.20 Å². The second-order valence-electron chi connectivity index (χ2n) is 8.04. The number of pyridine rings is 1. The highest BCUT2D eigenvalue weighted by Gasteiger charge is 2.20. The highest BCUT2D eigenvalue weighted by molar-refractivity contribution is 6.33. The maximum Gasteiger partial charge on any atom is 0.257 e. The molecule has 0 spiro atoms. The average Bonchev–Trinajstić information content (AvgIpc) is 3.33. The summed E-state index contributed by atoms with van der Waals surface area (Å²) in [5.41, 5.74) is 2.87. The predicted octanol–water partition coefficient (Wildman–Crippen LogP) is 4.03. The smallest absolute Gasteiger partial charge is 0.257 e. The molecule has 3 heterocycles. The molecule has 2 aromatic heterocycles. The molecule has 1 aliphatic rings. The Morgan fingerprint density at radius 2 is 2.06 bits per heavy atom. The number of hydrogen-bond acceptors (Lipinski definition) is 5. The van der Waals surface area contributed by atoms with E-state index in [-0.39, 0.29) is 5.91 Å². The summed E-state index contributed by atoms with van der Waals surface area (Å²) >= 11 is 6.38. The Morgan fingerprint density at radius 3 is 2.71 bits per heavy atom.